The van der Waals surface area contributed by atoms with Gasteiger partial charge in [-0.05, 0) is 23.0 Å². The van der Waals surface area contributed by atoms with Gasteiger partial charge in [0.25, 0.3) is 0 Å². The highest BCUT2D eigenvalue weighted by Gasteiger charge is 2.39. The van der Waals surface area contributed by atoms with Crippen molar-refractivity contribution in [3.8, 4) is 0 Å². The number of hydroxylamine groups is 1. The molecule has 15 heavy (non-hydrogen) atoms. The van der Waals surface area contributed by atoms with Crippen molar-refractivity contribution in [2.24, 2.45) is 0 Å². The highest BCUT2D eigenvalue weighted by molar-refractivity contribution is 7.39. The molecule has 0 aliphatic heterocycles. The maximum atomic E-state index is 11.5. The van der Waals surface area contributed by atoms with Crippen LogP contribution in [0.2, 0.25) is 0 Å². The number of methoxy groups -OCH3 is 2. The van der Waals surface area contributed by atoms with Crippen LogP contribution >= 0.6 is 8.03 Å². The summed E-state index contributed by atoms with van der Waals surface area (Å²) in [6.45, 7) is 5.72. The minimum atomic E-state index is -1.83. The summed E-state index contributed by atoms with van der Waals surface area (Å²) in [4.78, 5) is 0. The fourth-order valence-electron chi connectivity index (χ4n) is 1.01. The Hall–Kier alpha value is -0.0600. The summed E-state index contributed by atoms with van der Waals surface area (Å²) < 4.78 is 26.9. The van der Waals surface area contributed by atoms with E-state index in [1.165, 1.54) is 14.2 Å². The molecule has 0 radical (unpaired) electrons. The number of nitrogens with one attached hydrogen (secondary N) is 1. The van der Waals surface area contributed by atoms with E-state index in [0.29, 0.717) is 6.42 Å². The summed E-state index contributed by atoms with van der Waals surface area (Å²) >= 11 is 0. The highest BCUT2D eigenvalue weighted by Crippen LogP contribution is 2.31. The smallest absolute Gasteiger partial charge is 0.350 e. The molecule has 0 aromatic heterocycles. The third-order valence-electron chi connectivity index (χ3n) is 2.04. The van der Waals surface area contributed by atoms with Gasteiger partial charge in [-0.1, -0.05) is 6.92 Å². The van der Waals surface area contributed by atoms with Crippen molar-refractivity contribution in [1.29, 1.82) is 0 Å². The summed E-state index contributed by atoms with van der Waals surface area (Å²) in [5.74, 6) is -0.813. The van der Waals surface area contributed by atoms with Crippen molar-refractivity contribution in [2.75, 3.05) is 20.4 Å². The van der Waals surface area contributed by atoms with Gasteiger partial charge in [-0.15, -0.1) is 5.48 Å². The summed E-state index contributed by atoms with van der Waals surface area (Å²) in [6.07, 6.45) is 0.831. The predicted molar refractivity (Wildman–Crippen MR) is 58.9 cm³/mol. The lowest BCUT2D eigenvalue weighted by Crippen LogP contribution is -2.36. The molecule has 0 bridgehead atoms. The molecule has 0 fully saturated rings. The molecular formula is C9H21NO4P+. The Morgan fingerprint density at radius 2 is 1.87 bits per heavy atom. The Bertz CT molecular complexity index is 186. The van der Waals surface area contributed by atoms with Crippen LogP contribution in [-0.4, -0.2) is 32.2 Å². The van der Waals surface area contributed by atoms with Crippen molar-refractivity contribution >= 4 is 8.03 Å². The Kier molecular flexibility index (Phi) is 7.22. The van der Waals surface area contributed by atoms with Crippen LogP contribution < -0.4 is 5.48 Å². The van der Waals surface area contributed by atoms with E-state index in [-0.39, 0.29) is 12.2 Å². The fraction of sp³-hybridized carbons (Fsp3) is 1.00. The van der Waals surface area contributed by atoms with E-state index < -0.39 is 13.8 Å². The van der Waals surface area contributed by atoms with Gasteiger partial charge in [-0.2, -0.15) is 0 Å². The second kappa shape index (κ2) is 7.25. The van der Waals surface area contributed by atoms with Crippen LogP contribution in [0.25, 0.3) is 0 Å². The van der Waals surface area contributed by atoms with Crippen molar-refractivity contribution < 1.29 is 18.7 Å². The van der Waals surface area contributed by atoms with Gasteiger partial charge in [0.2, 0.25) is 11.9 Å². The van der Waals surface area contributed by atoms with Crippen LogP contribution in [-0.2, 0) is 18.7 Å². The van der Waals surface area contributed by atoms with Crippen LogP contribution in [0, 0.1) is 0 Å². The number of hydrogen-bond donors (Lipinski definition) is 1. The second-order valence-corrected chi connectivity index (χ2v) is 4.69. The van der Waals surface area contributed by atoms with Gasteiger partial charge in [-0.3, -0.25) is 0 Å². The predicted octanol–water partition coefficient (Wildman–Crippen LogP) is 2.06. The maximum absolute atomic E-state index is 11.5. The van der Waals surface area contributed by atoms with Gasteiger partial charge in [0.05, 0.1) is 0 Å². The molecule has 1 N–H and O–H groups in total. The molecular weight excluding hydrogens is 217 g/mol. The summed E-state index contributed by atoms with van der Waals surface area (Å²) in [5.41, 5.74) is 2.65. The van der Waals surface area contributed by atoms with E-state index in [9.17, 15) is 4.57 Å². The van der Waals surface area contributed by atoms with Crippen LogP contribution in [0.15, 0.2) is 0 Å². The van der Waals surface area contributed by atoms with Gasteiger partial charge < -0.3 is 9.47 Å². The molecule has 0 saturated heterocycles. The molecule has 90 valence electrons. The highest BCUT2D eigenvalue weighted by atomic mass is 31.1. The molecule has 0 aliphatic carbocycles. The average Bonchev–Trinajstić information content (AvgIpc) is 2.23. The molecule has 0 aromatic rings. The quantitative estimate of drug-likeness (QED) is 0.398. The molecule has 6 heteroatoms. The van der Waals surface area contributed by atoms with E-state index >= 15 is 0 Å². The first kappa shape index (κ1) is 14.9. The lowest BCUT2D eigenvalue weighted by Gasteiger charge is -2.24. The third kappa shape index (κ3) is 5.54. The van der Waals surface area contributed by atoms with E-state index in [1.807, 2.05) is 20.8 Å². The van der Waals surface area contributed by atoms with Gasteiger partial charge in [0, 0.05) is 26.7 Å². The number of hydrogen-bond acceptors (Lipinski definition) is 5. The molecule has 0 rings (SSSR count). The lowest BCUT2D eigenvalue weighted by molar-refractivity contribution is -0.192. The first-order chi connectivity index (χ1) is 6.99. The normalized spacial score (nSPS) is 13.3. The van der Waals surface area contributed by atoms with Crippen molar-refractivity contribution in [1.82, 2.24) is 5.48 Å². The topological polar surface area (TPSA) is 56.8 Å². The largest absolute Gasteiger partial charge is 0.532 e. The summed E-state index contributed by atoms with van der Waals surface area (Å²) in [6, 6.07) is 0.130. The van der Waals surface area contributed by atoms with Gasteiger partial charge in [-0.25, -0.2) is 0 Å². The first-order valence-corrected chi connectivity index (χ1v) is 6.33. The Morgan fingerprint density at radius 1 is 1.33 bits per heavy atom. The molecule has 0 aliphatic rings. The van der Waals surface area contributed by atoms with Crippen LogP contribution in [0.1, 0.15) is 27.2 Å². The molecule has 1 unspecified atom stereocenters. The van der Waals surface area contributed by atoms with Crippen molar-refractivity contribution in [3.63, 3.8) is 0 Å². The van der Waals surface area contributed by atoms with Crippen molar-refractivity contribution in [2.45, 2.75) is 39.0 Å². The van der Waals surface area contributed by atoms with E-state index in [0.717, 1.165) is 0 Å². The van der Waals surface area contributed by atoms with E-state index in [4.69, 9.17) is 14.1 Å². The standard InChI is InChI=1S/C9H21NO4P/c1-6-9(12-4,13-5)7-15(11)14-10-8(2)3/h8,10H,6-7H2,1-5H3/q+1. The molecule has 1 atom stereocenters. The Labute approximate surface area is 92.3 Å². The zero-order valence-corrected chi connectivity index (χ0v) is 11.0. The fourth-order valence-corrected chi connectivity index (χ4v) is 2.27. The molecule has 5 nitrogen and oxygen atoms in total. The van der Waals surface area contributed by atoms with Gasteiger partial charge in [0.15, 0.2) is 0 Å². The number of ether oxygens (including phenoxy) is 2. The summed E-state index contributed by atoms with van der Waals surface area (Å²) in [5, 5.41) is 0. The molecule has 0 saturated carbocycles. The van der Waals surface area contributed by atoms with Crippen LogP contribution in [0.3, 0.4) is 0 Å². The summed E-state index contributed by atoms with van der Waals surface area (Å²) in [7, 11) is 1.24. The van der Waals surface area contributed by atoms with Crippen LogP contribution in [0.5, 0.6) is 0 Å². The molecule has 0 spiro atoms. The van der Waals surface area contributed by atoms with Crippen LogP contribution in [0.4, 0.5) is 0 Å². The lowest BCUT2D eigenvalue weighted by atomic mass is 10.2. The maximum Gasteiger partial charge on any atom is 0.532 e. The minimum Gasteiger partial charge on any atom is -0.350 e. The first-order valence-electron chi connectivity index (χ1n) is 4.97. The third-order valence-corrected chi connectivity index (χ3v) is 3.09. The molecule has 0 heterocycles. The molecule has 0 aromatic carbocycles. The van der Waals surface area contributed by atoms with E-state index in [2.05, 4.69) is 5.48 Å². The Morgan fingerprint density at radius 3 is 2.20 bits per heavy atom. The monoisotopic (exact) mass is 238 g/mol. The zero-order valence-electron chi connectivity index (χ0n) is 10.1. The minimum absolute atomic E-state index is 0.130. The van der Waals surface area contributed by atoms with Crippen molar-refractivity contribution in [3.05, 3.63) is 0 Å². The van der Waals surface area contributed by atoms with E-state index in [1.54, 1.807) is 0 Å². The Balaban J connectivity index is 4.11. The number of rotatable bonds is 8. The van der Waals surface area contributed by atoms with Gasteiger partial charge in [0.1, 0.15) is 0 Å². The average molecular weight is 238 g/mol. The second-order valence-electron chi connectivity index (χ2n) is 3.53. The van der Waals surface area contributed by atoms with Gasteiger partial charge >= 0.3 is 8.03 Å². The SMILES string of the molecule is CCC(C[P+](=O)ONC(C)C)(OC)OC. The molecule has 0 amide bonds. The zero-order chi connectivity index (χ0) is 11.9.